The molecule has 6 nitrogen and oxygen atoms in total. The maximum Gasteiger partial charge on any atom is 0.294 e. The molecule has 4 rings (SSSR count). The Balaban J connectivity index is 1.48. The molecule has 2 N–H and O–H groups in total. The molecule has 0 radical (unpaired) electrons. The predicted molar refractivity (Wildman–Crippen MR) is 100 cm³/mol. The first-order chi connectivity index (χ1) is 12.6. The van der Waals surface area contributed by atoms with Crippen molar-refractivity contribution in [3.05, 3.63) is 66.1 Å². The number of nitrogens with zero attached hydrogens (tertiary/aromatic N) is 2. The highest BCUT2D eigenvalue weighted by atomic mass is 16.2. The average molecular weight is 346 g/mol. The monoisotopic (exact) mass is 346 g/mol. The number of nitrogens with one attached hydrogen (secondary N) is 2. The van der Waals surface area contributed by atoms with E-state index >= 15 is 0 Å². The van der Waals surface area contributed by atoms with E-state index in [1.165, 1.54) is 4.90 Å². The van der Waals surface area contributed by atoms with Gasteiger partial charge in [0.2, 0.25) is 0 Å². The molecule has 0 fully saturated rings. The van der Waals surface area contributed by atoms with Crippen molar-refractivity contribution in [2.45, 2.75) is 6.42 Å². The molecule has 0 atom stereocenters. The standard InChI is InChI=1S/C20H18N4O2/c1-24(10-8-13-11-22-17-7-3-2-5-14(13)17)20(26)18(25)16-12-23-19-15(16)6-4-9-21-19/h2-7,9,11-12,22H,8,10H2,1H3,(H,21,23). The SMILES string of the molecule is CN(CCc1c[nH]c2ccccc12)C(=O)C(=O)c1c[nH]c2ncccc12. The highest BCUT2D eigenvalue weighted by Gasteiger charge is 2.23. The molecule has 0 saturated carbocycles. The zero-order valence-electron chi connectivity index (χ0n) is 14.3. The summed E-state index contributed by atoms with van der Waals surface area (Å²) < 4.78 is 0. The van der Waals surface area contributed by atoms with Crippen LogP contribution in [-0.2, 0) is 11.2 Å². The summed E-state index contributed by atoms with van der Waals surface area (Å²) in [5.41, 5.74) is 3.16. The molecule has 0 saturated heterocycles. The lowest BCUT2D eigenvalue weighted by Crippen LogP contribution is -2.34. The van der Waals surface area contributed by atoms with E-state index in [4.69, 9.17) is 0 Å². The Labute approximate surface area is 149 Å². The van der Waals surface area contributed by atoms with Crippen LogP contribution in [0.4, 0.5) is 0 Å². The van der Waals surface area contributed by atoms with Crippen LogP contribution in [-0.4, -0.2) is 45.1 Å². The number of rotatable bonds is 5. The summed E-state index contributed by atoms with van der Waals surface area (Å²) >= 11 is 0. The van der Waals surface area contributed by atoms with Crippen LogP contribution >= 0.6 is 0 Å². The van der Waals surface area contributed by atoms with Crippen LogP contribution in [0.15, 0.2) is 55.0 Å². The lowest BCUT2D eigenvalue weighted by Gasteiger charge is -2.15. The van der Waals surface area contributed by atoms with Crippen LogP contribution in [0.25, 0.3) is 21.9 Å². The van der Waals surface area contributed by atoms with E-state index in [0.717, 1.165) is 16.5 Å². The number of fused-ring (bicyclic) bond motifs is 2. The van der Waals surface area contributed by atoms with Crippen LogP contribution in [0.2, 0.25) is 0 Å². The van der Waals surface area contributed by atoms with Crippen LogP contribution in [0, 0.1) is 0 Å². The quantitative estimate of drug-likeness (QED) is 0.431. The summed E-state index contributed by atoms with van der Waals surface area (Å²) in [5, 5.41) is 1.80. The smallest absolute Gasteiger partial charge is 0.294 e. The van der Waals surface area contributed by atoms with Crippen molar-refractivity contribution < 1.29 is 9.59 Å². The molecule has 1 aromatic carbocycles. The summed E-state index contributed by atoms with van der Waals surface area (Å²) in [7, 11) is 1.65. The number of Topliss-reactive ketones (excluding diaryl/α,β-unsaturated/α-hetero) is 1. The van der Waals surface area contributed by atoms with Crippen molar-refractivity contribution in [3.8, 4) is 0 Å². The van der Waals surface area contributed by atoms with E-state index in [-0.39, 0.29) is 0 Å². The van der Waals surface area contributed by atoms with Gasteiger partial charge in [0.1, 0.15) is 5.65 Å². The van der Waals surface area contributed by atoms with E-state index in [1.807, 2.05) is 30.5 Å². The van der Waals surface area contributed by atoms with Gasteiger partial charge in [0.15, 0.2) is 0 Å². The second kappa shape index (κ2) is 6.48. The van der Waals surface area contributed by atoms with Crippen LogP contribution in [0.5, 0.6) is 0 Å². The molecule has 6 heteroatoms. The molecular weight excluding hydrogens is 328 g/mol. The van der Waals surface area contributed by atoms with Gasteiger partial charge in [-0.15, -0.1) is 0 Å². The number of hydrogen-bond acceptors (Lipinski definition) is 3. The zero-order chi connectivity index (χ0) is 18.1. The normalized spacial score (nSPS) is 11.1. The van der Waals surface area contributed by atoms with Crippen LogP contribution in [0.1, 0.15) is 15.9 Å². The van der Waals surface area contributed by atoms with Gasteiger partial charge in [0, 0.05) is 48.5 Å². The van der Waals surface area contributed by atoms with Crippen molar-refractivity contribution in [1.82, 2.24) is 19.9 Å². The molecule has 3 aromatic heterocycles. The number of hydrogen-bond donors (Lipinski definition) is 2. The predicted octanol–water partition coefficient (Wildman–Crippen LogP) is 2.93. The van der Waals surface area contributed by atoms with Crippen LogP contribution < -0.4 is 0 Å². The number of carbonyl (C=O) groups is 2. The van der Waals surface area contributed by atoms with Gasteiger partial charge in [0.05, 0.1) is 5.56 Å². The van der Waals surface area contributed by atoms with Gasteiger partial charge in [-0.1, -0.05) is 18.2 Å². The van der Waals surface area contributed by atoms with E-state index < -0.39 is 11.7 Å². The minimum Gasteiger partial charge on any atom is -0.361 e. The molecule has 0 bridgehead atoms. The van der Waals surface area contributed by atoms with Gasteiger partial charge < -0.3 is 14.9 Å². The topological polar surface area (TPSA) is 81.9 Å². The fourth-order valence-electron chi connectivity index (χ4n) is 3.16. The second-order valence-corrected chi connectivity index (χ2v) is 6.27. The number of aromatic amines is 2. The molecule has 4 aromatic rings. The number of H-pyrrole nitrogens is 2. The highest BCUT2D eigenvalue weighted by molar-refractivity contribution is 6.44. The van der Waals surface area contributed by atoms with Gasteiger partial charge in [-0.25, -0.2) is 4.98 Å². The first kappa shape index (κ1) is 16.1. The number of aromatic nitrogens is 3. The Morgan fingerprint density at radius 1 is 1.04 bits per heavy atom. The van der Waals surface area contributed by atoms with E-state index in [1.54, 1.807) is 31.6 Å². The third-order valence-electron chi connectivity index (χ3n) is 4.63. The molecule has 0 aliphatic carbocycles. The van der Waals surface area contributed by atoms with E-state index in [2.05, 4.69) is 15.0 Å². The molecular formula is C20H18N4O2. The van der Waals surface area contributed by atoms with E-state index in [0.29, 0.717) is 29.6 Å². The van der Waals surface area contributed by atoms with Gasteiger partial charge in [-0.3, -0.25) is 9.59 Å². The van der Waals surface area contributed by atoms with Crippen molar-refractivity contribution >= 4 is 33.6 Å². The number of benzene rings is 1. The first-order valence-corrected chi connectivity index (χ1v) is 8.42. The highest BCUT2D eigenvalue weighted by Crippen LogP contribution is 2.19. The Morgan fingerprint density at radius 3 is 2.73 bits per heavy atom. The Kier molecular flexibility index (Phi) is 4.01. The van der Waals surface area contributed by atoms with Crippen LogP contribution in [0.3, 0.4) is 0 Å². The summed E-state index contributed by atoms with van der Waals surface area (Å²) in [6.45, 7) is 0.465. The van der Waals surface area contributed by atoms with Gasteiger partial charge in [0.25, 0.3) is 11.7 Å². The Morgan fingerprint density at radius 2 is 1.85 bits per heavy atom. The molecule has 3 heterocycles. The number of ketones is 1. The minimum absolute atomic E-state index is 0.358. The van der Waals surface area contributed by atoms with Crippen molar-refractivity contribution in [3.63, 3.8) is 0 Å². The molecule has 0 aliphatic rings. The van der Waals surface area contributed by atoms with Gasteiger partial charge in [-0.2, -0.15) is 0 Å². The number of amides is 1. The summed E-state index contributed by atoms with van der Waals surface area (Å²) in [4.78, 5) is 36.9. The molecule has 130 valence electrons. The molecule has 0 aliphatic heterocycles. The lowest BCUT2D eigenvalue weighted by atomic mass is 10.1. The molecule has 0 unspecified atom stereocenters. The third kappa shape index (κ3) is 2.75. The number of para-hydroxylation sites is 1. The fourth-order valence-corrected chi connectivity index (χ4v) is 3.16. The largest absolute Gasteiger partial charge is 0.361 e. The third-order valence-corrected chi connectivity index (χ3v) is 4.63. The fraction of sp³-hybridized carbons (Fsp3) is 0.150. The summed E-state index contributed by atoms with van der Waals surface area (Å²) in [6.07, 6.45) is 5.82. The zero-order valence-corrected chi connectivity index (χ0v) is 14.3. The summed E-state index contributed by atoms with van der Waals surface area (Å²) in [6, 6.07) is 11.6. The second-order valence-electron chi connectivity index (χ2n) is 6.27. The lowest BCUT2D eigenvalue weighted by molar-refractivity contribution is -0.125. The van der Waals surface area contributed by atoms with Crippen molar-refractivity contribution in [2.75, 3.05) is 13.6 Å². The first-order valence-electron chi connectivity index (χ1n) is 8.42. The Bertz CT molecular complexity index is 1110. The van der Waals surface area contributed by atoms with Crippen molar-refractivity contribution in [2.24, 2.45) is 0 Å². The van der Waals surface area contributed by atoms with Gasteiger partial charge in [-0.05, 0) is 30.2 Å². The average Bonchev–Trinajstić information content (AvgIpc) is 3.29. The summed E-state index contributed by atoms with van der Waals surface area (Å²) in [5.74, 6) is -1.04. The van der Waals surface area contributed by atoms with Gasteiger partial charge >= 0.3 is 0 Å². The molecule has 1 amide bonds. The minimum atomic E-state index is -0.523. The number of likely N-dealkylation sites (N-methyl/N-ethyl adjacent to an activating group) is 1. The maximum atomic E-state index is 12.6. The van der Waals surface area contributed by atoms with Crippen molar-refractivity contribution in [1.29, 1.82) is 0 Å². The molecule has 0 spiro atoms. The number of pyridine rings is 1. The number of carbonyl (C=O) groups excluding carboxylic acids is 2. The Hall–Kier alpha value is -3.41. The van der Waals surface area contributed by atoms with E-state index in [9.17, 15) is 9.59 Å². The maximum absolute atomic E-state index is 12.6. The molecule has 26 heavy (non-hydrogen) atoms.